The molecule has 0 aliphatic carbocycles. The van der Waals surface area contributed by atoms with Crippen LogP contribution < -0.4 is 5.73 Å². The van der Waals surface area contributed by atoms with E-state index in [1.807, 2.05) is 31.2 Å². The summed E-state index contributed by atoms with van der Waals surface area (Å²) in [5.41, 5.74) is 10.6. The second kappa shape index (κ2) is 9.06. The van der Waals surface area contributed by atoms with Gasteiger partial charge in [-0.25, -0.2) is 0 Å². The van der Waals surface area contributed by atoms with Crippen LogP contribution in [0.25, 0.3) is 0 Å². The van der Waals surface area contributed by atoms with Gasteiger partial charge >= 0.3 is 0 Å². The van der Waals surface area contributed by atoms with E-state index in [-0.39, 0.29) is 11.8 Å². The lowest BCUT2D eigenvalue weighted by molar-refractivity contribution is 0.0998. The summed E-state index contributed by atoms with van der Waals surface area (Å²) < 4.78 is 2.18. The molecule has 29 heavy (non-hydrogen) atoms. The Morgan fingerprint density at radius 1 is 1.21 bits per heavy atom. The average Bonchev–Trinajstić information content (AvgIpc) is 2.94. The number of rotatable bonds is 7. The lowest BCUT2D eigenvalue weighted by Gasteiger charge is -2.15. The van der Waals surface area contributed by atoms with Crippen LogP contribution >= 0.6 is 23.4 Å². The summed E-state index contributed by atoms with van der Waals surface area (Å²) in [6, 6.07) is 10.1. The topological polar surface area (TPSA) is 60.9 Å². The molecule has 2 N–H and O–H groups in total. The maximum Gasteiger partial charge on any atom is 0.250 e. The molecule has 2 heterocycles. The Kier molecular flexibility index (Phi) is 6.70. The average molecular weight is 428 g/mol. The van der Waals surface area contributed by atoms with Crippen LogP contribution in [-0.4, -0.2) is 15.5 Å². The summed E-state index contributed by atoms with van der Waals surface area (Å²) in [6.45, 7) is 8.91. The summed E-state index contributed by atoms with van der Waals surface area (Å²) in [6.07, 6.45) is 4.47. The van der Waals surface area contributed by atoms with Crippen molar-refractivity contribution in [3.8, 4) is 0 Å². The van der Waals surface area contributed by atoms with Gasteiger partial charge < -0.3 is 10.3 Å². The molecule has 0 unspecified atom stereocenters. The molecule has 1 amide bonds. The van der Waals surface area contributed by atoms with Gasteiger partial charge in [0.25, 0.3) is 5.91 Å². The second-order valence-electron chi connectivity index (χ2n) is 7.39. The van der Waals surface area contributed by atoms with Crippen LogP contribution in [0.1, 0.15) is 59.4 Å². The van der Waals surface area contributed by atoms with Crippen LogP contribution in [0.3, 0.4) is 0 Å². The van der Waals surface area contributed by atoms with E-state index in [2.05, 4.69) is 36.4 Å². The highest BCUT2D eigenvalue weighted by Crippen LogP contribution is 2.40. The monoisotopic (exact) mass is 427 g/mol. The Bertz CT molecular complexity index is 1030. The van der Waals surface area contributed by atoms with Crippen molar-refractivity contribution in [1.82, 2.24) is 9.55 Å². The Labute approximate surface area is 181 Å². The zero-order valence-corrected chi connectivity index (χ0v) is 18.8. The van der Waals surface area contributed by atoms with E-state index in [4.69, 9.17) is 17.3 Å². The number of benzene rings is 1. The number of nitrogens with zero attached hydrogens (tertiary/aromatic N) is 2. The number of carbonyl (C=O) groups is 1. The van der Waals surface area contributed by atoms with Crippen molar-refractivity contribution in [3.63, 3.8) is 0 Å². The highest BCUT2D eigenvalue weighted by atomic mass is 35.5. The smallest absolute Gasteiger partial charge is 0.250 e. The molecule has 0 spiro atoms. The lowest BCUT2D eigenvalue weighted by Crippen LogP contribution is -2.14. The number of aryl methyl sites for hydroxylation is 1. The highest BCUT2D eigenvalue weighted by Gasteiger charge is 2.26. The minimum absolute atomic E-state index is 0.155. The minimum atomic E-state index is -0.387. The number of hydrogen-bond acceptors (Lipinski definition) is 3. The van der Waals surface area contributed by atoms with Crippen molar-refractivity contribution >= 4 is 29.3 Å². The number of aromatic nitrogens is 2. The van der Waals surface area contributed by atoms with Gasteiger partial charge in [-0.05, 0) is 66.3 Å². The maximum absolute atomic E-state index is 12.3. The molecular weight excluding hydrogens is 402 g/mol. The number of nitrogens with two attached hydrogens (primary N) is 1. The Balaban J connectivity index is 2.18. The fourth-order valence-corrected chi connectivity index (χ4v) is 5.25. The van der Waals surface area contributed by atoms with E-state index in [0.29, 0.717) is 12.1 Å². The van der Waals surface area contributed by atoms with Crippen LogP contribution in [0.15, 0.2) is 52.6 Å². The predicted molar refractivity (Wildman–Crippen MR) is 120 cm³/mol. The first-order valence-corrected chi connectivity index (χ1v) is 10.9. The summed E-state index contributed by atoms with van der Waals surface area (Å²) >= 11 is 7.99. The fraction of sp³-hybridized carbons (Fsp3) is 0.304. The molecule has 0 aliphatic heterocycles. The molecule has 0 aliphatic rings. The molecule has 0 bridgehead atoms. The molecule has 6 heteroatoms. The maximum atomic E-state index is 12.3. The lowest BCUT2D eigenvalue weighted by atomic mass is 10.0. The minimum Gasteiger partial charge on any atom is -0.366 e. The number of primary amides is 1. The van der Waals surface area contributed by atoms with Crippen molar-refractivity contribution in [1.29, 1.82) is 0 Å². The van der Waals surface area contributed by atoms with Gasteiger partial charge in [0.15, 0.2) is 0 Å². The van der Waals surface area contributed by atoms with E-state index >= 15 is 0 Å². The number of halogens is 1. The van der Waals surface area contributed by atoms with Crippen molar-refractivity contribution in [3.05, 3.63) is 75.7 Å². The SMILES string of the molecule is CCc1cc(Cl)cc(Sc2c(C(C)C)c(C(N)=O)c(C)n2Cc2ccncc2)c1. The van der Waals surface area contributed by atoms with Crippen molar-refractivity contribution in [2.45, 2.75) is 56.5 Å². The van der Waals surface area contributed by atoms with Crippen molar-refractivity contribution in [2.75, 3.05) is 0 Å². The zero-order valence-electron chi connectivity index (χ0n) is 17.2. The molecule has 0 atom stereocenters. The number of hydrogen-bond donors (Lipinski definition) is 1. The zero-order chi connectivity index (χ0) is 21.1. The van der Waals surface area contributed by atoms with Crippen LogP contribution in [0.4, 0.5) is 0 Å². The van der Waals surface area contributed by atoms with Crippen molar-refractivity contribution in [2.24, 2.45) is 5.73 Å². The van der Waals surface area contributed by atoms with Gasteiger partial charge in [0.05, 0.1) is 10.6 Å². The molecule has 0 radical (unpaired) electrons. The quantitative estimate of drug-likeness (QED) is 0.516. The first-order chi connectivity index (χ1) is 13.8. The van der Waals surface area contributed by atoms with E-state index < -0.39 is 0 Å². The molecule has 152 valence electrons. The van der Waals surface area contributed by atoms with Crippen LogP contribution in [0, 0.1) is 6.92 Å². The third kappa shape index (κ3) is 4.68. The molecule has 0 fully saturated rings. The number of pyridine rings is 1. The third-order valence-corrected chi connectivity index (χ3v) is 6.30. The molecule has 4 nitrogen and oxygen atoms in total. The molecule has 0 saturated heterocycles. The summed E-state index contributed by atoms with van der Waals surface area (Å²) in [5.74, 6) is -0.232. The Hall–Kier alpha value is -2.24. The van der Waals surface area contributed by atoms with E-state index in [1.165, 1.54) is 5.56 Å². The van der Waals surface area contributed by atoms with Gasteiger partial charge in [-0.3, -0.25) is 9.78 Å². The first-order valence-electron chi connectivity index (χ1n) is 9.70. The highest BCUT2D eigenvalue weighted by molar-refractivity contribution is 7.99. The van der Waals surface area contributed by atoms with E-state index in [9.17, 15) is 4.79 Å². The van der Waals surface area contributed by atoms with E-state index in [0.717, 1.165) is 38.2 Å². The van der Waals surface area contributed by atoms with Gasteiger partial charge in [0.2, 0.25) is 0 Å². The Morgan fingerprint density at radius 3 is 2.48 bits per heavy atom. The first kappa shape index (κ1) is 21.5. The largest absolute Gasteiger partial charge is 0.366 e. The van der Waals surface area contributed by atoms with Gasteiger partial charge in [-0.2, -0.15) is 0 Å². The van der Waals surface area contributed by atoms with Crippen LogP contribution in [0.5, 0.6) is 0 Å². The van der Waals surface area contributed by atoms with E-state index in [1.54, 1.807) is 24.2 Å². The molecule has 2 aromatic heterocycles. The standard InChI is InChI=1S/C23H26ClN3OS/c1-5-16-10-18(24)12-19(11-16)29-23-20(14(2)3)21(22(25)28)15(4)27(23)13-17-6-8-26-9-7-17/h6-12,14H,5,13H2,1-4H3,(H2,25,28). The molecule has 3 rings (SSSR count). The normalized spacial score (nSPS) is 11.2. The van der Waals surface area contributed by atoms with Crippen LogP contribution in [0.2, 0.25) is 5.02 Å². The Morgan fingerprint density at radius 2 is 1.90 bits per heavy atom. The summed E-state index contributed by atoms with van der Waals surface area (Å²) in [7, 11) is 0. The second-order valence-corrected chi connectivity index (χ2v) is 8.89. The van der Waals surface area contributed by atoms with Crippen LogP contribution in [-0.2, 0) is 13.0 Å². The van der Waals surface area contributed by atoms with Gasteiger partial charge in [-0.1, -0.05) is 44.1 Å². The van der Waals surface area contributed by atoms with Crippen molar-refractivity contribution < 1.29 is 4.79 Å². The molecule has 3 aromatic rings. The van der Waals surface area contributed by atoms with Gasteiger partial charge in [0, 0.05) is 34.6 Å². The molecule has 1 aromatic carbocycles. The molecular formula is C23H26ClN3OS. The van der Waals surface area contributed by atoms with Gasteiger partial charge in [0.1, 0.15) is 0 Å². The van der Waals surface area contributed by atoms with Gasteiger partial charge in [-0.15, -0.1) is 0 Å². The summed E-state index contributed by atoms with van der Waals surface area (Å²) in [5, 5.41) is 1.75. The number of carbonyl (C=O) groups excluding carboxylic acids is 1. The predicted octanol–water partition coefficient (Wildman–Crippen LogP) is 5.83. The third-order valence-electron chi connectivity index (χ3n) is 4.98. The molecule has 0 saturated carbocycles. The number of amides is 1. The fourth-order valence-electron chi connectivity index (χ4n) is 3.55. The summed E-state index contributed by atoms with van der Waals surface area (Å²) in [4.78, 5) is 17.5.